The van der Waals surface area contributed by atoms with Crippen molar-refractivity contribution in [2.45, 2.75) is 24.4 Å². The number of methoxy groups -OCH3 is 1. The van der Waals surface area contributed by atoms with Gasteiger partial charge in [-0.05, 0) is 48.9 Å². The quantitative estimate of drug-likeness (QED) is 0.680. The van der Waals surface area contributed by atoms with Gasteiger partial charge in [0.05, 0.1) is 12.9 Å². The summed E-state index contributed by atoms with van der Waals surface area (Å²) in [4.78, 5) is 27.5. The standard InChI is InChI=1S/C20H23ClN2O3S/c1-14(20(25)22-2)23(12-15-4-8-17(26-3)9-5-15)19(24)13-27-18-10-6-16(21)7-11-18/h4-11,14H,12-13H2,1-3H3,(H,22,25). The first-order valence-corrected chi connectivity index (χ1v) is 9.83. The Morgan fingerprint density at radius 2 is 1.78 bits per heavy atom. The monoisotopic (exact) mass is 406 g/mol. The van der Waals surface area contributed by atoms with E-state index in [4.69, 9.17) is 16.3 Å². The highest BCUT2D eigenvalue weighted by Gasteiger charge is 2.25. The first-order valence-electron chi connectivity index (χ1n) is 8.47. The number of carbonyl (C=O) groups excluding carboxylic acids is 2. The molecule has 2 aromatic rings. The zero-order valence-electron chi connectivity index (χ0n) is 15.6. The van der Waals surface area contributed by atoms with Gasteiger partial charge >= 0.3 is 0 Å². The van der Waals surface area contributed by atoms with Gasteiger partial charge in [0.2, 0.25) is 11.8 Å². The number of nitrogens with one attached hydrogen (secondary N) is 1. The van der Waals surface area contributed by atoms with Crippen molar-refractivity contribution in [1.29, 1.82) is 0 Å². The smallest absolute Gasteiger partial charge is 0.242 e. The van der Waals surface area contributed by atoms with E-state index >= 15 is 0 Å². The average molecular weight is 407 g/mol. The molecule has 0 fully saturated rings. The maximum atomic E-state index is 12.8. The number of benzene rings is 2. The summed E-state index contributed by atoms with van der Waals surface area (Å²) in [5.41, 5.74) is 0.927. The van der Waals surface area contributed by atoms with Crippen molar-refractivity contribution in [1.82, 2.24) is 10.2 Å². The van der Waals surface area contributed by atoms with Crippen LogP contribution in [0.4, 0.5) is 0 Å². The summed E-state index contributed by atoms with van der Waals surface area (Å²) in [5, 5.41) is 3.26. The Morgan fingerprint density at radius 3 is 2.33 bits per heavy atom. The zero-order valence-corrected chi connectivity index (χ0v) is 17.1. The summed E-state index contributed by atoms with van der Waals surface area (Å²) >= 11 is 7.31. The van der Waals surface area contributed by atoms with Gasteiger partial charge in [0.15, 0.2) is 0 Å². The van der Waals surface area contributed by atoms with Crippen molar-refractivity contribution in [2.24, 2.45) is 0 Å². The Hall–Kier alpha value is -2.18. The van der Waals surface area contributed by atoms with E-state index in [-0.39, 0.29) is 17.6 Å². The van der Waals surface area contributed by atoms with Crippen molar-refractivity contribution in [2.75, 3.05) is 19.9 Å². The van der Waals surface area contributed by atoms with Crippen molar-refractivity contribution >= 4 is 35.2 Å². The van der Waals surface area contributed by atoms with Crippen LogP contribution < -0.4 is 10.1 Å². The summed E-state index contributed by atoms with van der Waals surface area (Å²) in [5.74, 6) is 0.670. The highest BCUT2D eigenvalue weighted by Crippen LogP contribution is 2.22. The highest BCUT2D eigenvalue weighted by molar-refractivity contribution is 8.00. The van der Waals surface area contributed by atoms with Crippen LogP contribution in [0, 0.1) is 0 Å². The molecule has 0 aliphatic rings. The third-order valence-electron chi connectivity index (χ3n) is 4.10. The van der Waals surface area contributed by atoms with Gasteiger partial charge in [-0.15, -0.1) is 11.8 Å². The number of amides is 2. The van der Waals surface area contributed by atoms with Crippen LogP contribution in [0.2, 0.25) is 5.02 Å². The van der Waals surface area contributed by atoms with Crippen LogP contribution in [0.5, 0.6) is 5.75 Å². The van der Waals surface area contributed by atoms with Gasteiger partial charge < -0.3 is 15.0 Å². The van der Waals surface area contributed by atoms with E-state index in [1.165, 1.54) is 11.8 Å². The van der Waals surface area contributed by atoms with E-state index in [2.05, 4.69) is 5.32 Å². The molecule has 2 aromatic carbocycles. The molecule has 2 rings (SSSR count). The number of carbonyl (C=O) groups is 2. The molecular formula is C20H23ClN2O3S. The zero-order chi connectivity index (χ0) is 19.8. The largest absolute Gasteiger partial charge is 0.497 e. The number of nitrogens with zero attached hydrogens (tertiary/aromatic N) is 1. The molecule has 0 aromatic heterocycles. The maximum absolute atomic E-state index is 12.8. The SMILES string of the molecule is CNC(=O)C(C)N(Cc1ccc(OC)cc1)C(=O)CSc1ccc(Cl)cc1. The van der Waals surface area contributed by atoms with Gasteiger partial charge in [-0.25, -0.2) is 0 Å². The van der Waals surface area contributed by atoms with Crippen molar-refractivity contribution in [3.63, 3.8) is 0 Å². The number of ether oxygens (including phenoxy) is 1. The molecule has 1 atom stereocenters. The number of halogens is 1. The molecule has 0 spiro atoms. The van der Waals surface area contributed by atoms with E-state index in [0.29, 0.717) is 11.6 Å². The molecule has 0 heterocycles. The Labute approximate surface area is 169 Å². The Bertz CT molecular complexity index is 766. The minimum Gasteiger partial charge on any atom is -0.497 e. The van der Waals surface area contributed by atoms with Gasteiger partial charge in [-0.3, -0.25) is 9.59 Å². The molecule has 0 aliphatic heterocycles. The summed E-state index contributed by atoms with van der Waals surface area (Å²) in [7, 11) is 3.17. The minimum atomic E-state index is -0.574. The van der Waals surface area contributed by atoms with Crippen LogP contribution in [0.25, 0.3) is 0 Å². The topological polar surface area (TPSA) is 58.6 Å². The molecule has 5 nitrogen and oxygen atoms in total. The normalized spacial score (nSPS) is 11.6. The third kappa shape index (κ3) is 6.19. The predicted octanol–water partition coefficient (Wildman–Crippen LogP) is 3.60. The van der Waals surface area contributed by atoms with Gasteiger partial charge in [-0.1, -0.05) is 23.7 Å². The van der Waals surface area contributed by atoms with E-state index < -0.39 is 6.04 Å². The van der Waals surface area contributed by atoms with Crippen molar-refractivity contribution < 1.29 is 14.3 Å². The summed E-state index contributed by atoms with van der Waals surface area (Å²) in [6, 6.07) is 14.2. The molecule has 0 saturated carbocycles. The lowest BCUT2D eigenvalue weighted by Crippen LogP contribution is -2.47. The van der Waals surface area contributed by atoms with Gasteiger partial charge in [0.25, 0.3) is 0 Å². The molecule has 7 heteroatoms. The number of thioether (sulfide) groups is 1. The Kier molecular flexibility index (Phi) is 8.00. The molecule has 0 saturated heterocycles. The first-order chi connectivity index (χ1) is 12.9. The Morgan fingerprint density at radius 1 is 1.15 bits per heavy atom. The summed E-state index contributed by atoms with van der Waals surface area (Å²) in [6.45, 7) is 2.08. The second-order valence-electron chi connectivity index (χ2n) is 5.90. The molecule has 0 radical (unpaired) electrons. The lowest BCUT2D eigenvalue weighted by atomic mass is 10.1. The van der Waals surface area contributed by atoms with Crippen molar-refractivity contribution in [3.05, 3.63) is 59.1 Å². The molecule has 1 unspecified atom stereocenters. The molecule has 1 N–H and O–H groups in total. The molecular weight excluding hydrogens is 384 g/mol. The van der Waals surface area contributed by atoms with Crippen LogP contribution in [0.15, 0.2) is 53.4 Å². The van der Waals surface area contributed by atoms with E-state index in [1.807, 2.05) is 36.4 Å². The first kappa shape index (κ1) is 21.1. The molecule has 0 bridgehead atoms. The number of hydrogen-bond donors (Lipinski definition) is 1. The van der Waals surface area contributed by atoms with Crippen LogP contribution in [-0.4, -0.2) is 42.7 Å². The fourth-order valence-corrected chi connectivity index (χ4v) is 3.39. The molecule has 144 valence electrons. The number of hydrogen-bond acceptors (Lipinski definition) is 4. The average Bonchev–Trinajstić information content (AvgIpc) is 2.70. The number of likely N-dealkylation sites (N-methyl/N-ethyl adjacent to an activating group) is 1. The summed E-state index contributed by atoms with van der Waals surface area (Å²) in [6.07, 6.45) is 0. The second kappa shape index (κ2) is 10.2. The molecule has 27 heavy (non-hydrogen) atoms. The second-order valence-corrected chi connectivity index (χ2v) is 7.39. The predicted molar refractivity (Wildman–Crippen MR) is 109 cm³/mol. The van der Waals surface area contributed by atoms with Crippen LogP contribution in [-0.2, 0) is 16.1 Å². The van der Waals surface area contributed by atoms with Gasteiger partial charge in [-0.2, -0.15) is 0 Å². The third-order valence-corrected chi connectivity index (χ3v) is 5.35. The van der Waals surface area contributed by atoms with E-state index in [9.17, 15) is 9.59 Å². The fourth-order valence-electron chi connectivity index (χ4n) is 2.48. The van der Waals surface area contributed by atoms with Gasteiger partial charge in [0.1, 0.15) is 11.8 Å². The van der Waals surface area contributed by atoms with E-state index in [1.54, 1.807) is 38.1 Å². The number of rotatable bonds is 8. The fraction of sp³-hybridized carbons (Fsp3) is 0.300. The lowest BCUT2D eigenvalue weighted by molar-refractivity contribution is -0.138. The molecule has 0 aliphatic carbocycles. The maximum Gasteiger partial charge on any atom is 0.242 e. The van der Waals surface area contributed by atoms with Crippen LogP contribution in [0.3, 0.4) is 0 Å². The highest BCUT2D eigenvalue weighted by atomic mass is 35.5. The van der Waals surface area contributed by atoms with Gasteiger partial charge in [0, 0.05) is 23.5 Å². The summed E-state index contributed by atoms with van der Waals surface area (Å²) < 4.78 is 5.16. The lowest BCUT2D eigenvalue weighted by Gasteiger charge is -2.28. The van der Waals surface area contributed by atoms with E-state index in [0.717, 1.165) is 16.2 Å². The van der Waals surface area contributed by atoms with Crippen LogP contribution >= 0.6 is 23.4 Å². The van der Waals surface area contributed by atoms with Crippen LogP contribution in [0.1, 0.15) is 12.5 Å². The van der Waals surface area contributed by atoms with Crippen molar-refractivity contribution in [3.8, 4) is 5.75 Å². The molecule has 2 amide bonds. The minimum absolute atomic E-state index is 0.109. The Balaban J connectivity index is 2.10.